The van der Waals surface area contributed by atoms with Gasteiger partial charge in [0, 0.05) is 12.8 Å². The molecule has 0 aliphatic heterocycles. The first kappa shape index (κ1) is 15.4. The van der Waals surface area contributed by atoms with Gasteiger partial charge in [0.1, 0.15) is 5.75 Å². The highest BCUT2D eigenvalue weighted by Gasteiger charge is 2.36. The number of aryl methyl sites for hydroxylation is 1. The van der Waals surface area contributed by atoms with Crippen LogP contribution in [0, 0.1) is 12.8 Å². The summed E-state index contributed by atoms with van der Waals surface area (Å²) < 4.78 is 33.4. The lowest BCUT2D eigenvalue weighted by Crippen LogP contribution is -2.20. The molecular weight excluding hydrogens is 254 g/mol. The van der Waals surface area contributed by atoms with Gasteiger partial charge in [-0.25, -0.2) is 8.78 Å². The van der Waals surface area contributed by atoms with Crippen molar-refractivity contribution in [2.24, 2.45) is 5.92 Å². The number of aliphatic carboxylic acids is 1. The van der Waals surface area contributed by atoms with Crippen LogP contribution in [0.15, 0.2) is 18.2 Å². The maximum atomic E-state index is 14.2. The molecule has 0 saturated heterocycles. The van der Waals surface area contributed by atoms with E-state index in [1.807, 2.05) is 0 Å². The van der Waals surface area contributed by atoms with Crippen LogP contribution in [0.2, 0.25) is 0 Å². The van der Waals surface area contributed by atoms with Crippen molar-refractivity contribution in [1.29, 1.82) is 0 Å². The number of methoxy groups -OCH3 is 1. The van der Waals surface area contributed by atoms with E-state index in [-0.39, 0.29) is 17.7 Å². The first-order valence-electron chi connectivity index (χ1n) is 6.01. The van der Waals surface area contributed by atoms with E-state index in [1.165, 1.54) is 26.2 Å². The SMILES string of the molecule is COc1ccc(C)cc1C(F)(F)CC(C)CC(=O)O. The molecule has 1 unspecified atom stereocenters. The molecular formula is C14H18F2O3. The predicted molar refractivity (Wildman–Crippen MR) is 67.7 cm³/mol. The summed E-state index contributed by atoms with van der Waals surface area (Å²) in [5.41, 5.74) is 0.522. The molecule has 0 fully saturated rings. The van der Waals surface area contributed by atoms with E-state index in [1.54, 1.807) is 13.0 Å². The van der Waals surface area contributed by atoms with Crippen LogP contribution in [0.1, 0.15) is 30.9 Å². The summed E-state index contributed by atoms with van der Waals surface area (Å²) in [6.07, 6.45) is -0.789. The second kappa shape index (κ2) is 5.99. The van der Waals surface area contributed by atoms with Gasteiger partial charge in [-0.15, -0.1) is 0 Å². The van der Waals surface area contributed by atoms with Gasteiger partial charge in [-0.3, -0.25) is 4.79 Å². The molecule has 19 heavy (non-hydrogen) atoms. The third-order valence-electron chi connectivity index (χ3n) is 2.88. The second-order valence-electron chi connectivity index (χ2n) is 4.82. The molecule has 0 spiro atoms. The van der Waals surface area contributed by atoms with Gasteiger partial charge in [-0.1, -0.05) is 18.6 Å². The van der Waals surface area contributed by atoms with Crippen LogP contribution in [0.4, 0.5) is 8.78 Å². The molecule has 5 heteroatoms. The highest BCUT2D eigenvalue weighted by atomic mass is 19.3. The first-order chi connectivity index (χ1) is 8.76. The number of hydrogen-bond acceptors (Lipinski definition) is 2. The number of alkyl halides is 2. The molecule has 1 aromatic carbocycles. The highest BCUT2D eigenvalue weighted by molar-refractivity contribution is 5.66. The number of hydrogen-bond donors (Lipinski definition) is 1. The number of ether oxygens (including phenoxy) is 1. The Balaban J connectivity index is 2.98. The van der Waals surface area contributed by atoms with E-state index in [0.717, 1.165) is 0 Å². The van der Waals surface area contributed by atoms with E-state index in [2.05, 4.69) is 0 Å². The van der Waals surface area contributed by atoms with Gasteiger partial charge in [-0.05, 0) is 25.0 Å². The van der Waals surface area contributed by atoms with E-state index in [0.29, 0.717) is 5.56 Å². The van der Waals surface area contributed by atoms with Gasteiger partial charge >= 0.3 is 5.97 Å². The summed E-state index contributed by atoms with van der Waals surface area (Å²) in [6.45, 7) is 3.23. The van der Waals surface area contributed by atoms with E-state index in [9.17, 15) is 13.6 Å². The lowest BCUT2D eigenvalue weighted by atomic mass is 9.93. The number of carboxylic acids is 1. The molecule has 0 aliphatic carbocycles. The van der Waals surface area contributed by atoms with Gasteiger partial charge in [-0.2, -0.15) is 0 Å². The number of halogens is 2. The Morgan fingerprint density at radius 3 is 2.63 bits per heavy atom. The smallest absolute Gasteiger partial charge is 0.303 e. The average molecular weight is 272 g/mol. The third kappa shape index (κ3) is 4.19. The molecule has 1 N–H and O–H groups in total. The molecule has 1 rings (SSSR count). The fourth-order valence-electron chi connectivity index (χ4n) is 2.03. The summed E-state index contributed by atoms with van der Waals surface area (Å²) >= 11 is 0. The van der Waals surface area contributed by atoms with E-state index in [4.69, 9.17) is 9.84 Å². The molecule has 1 atom stereocenters. The normalized spacial score (nSPS) is 13.1. The number of carbonyl (C=O) groups is 1. The summed E-state index contributed by atoms with van der Waals surface area (Å²) in [6, 6.07) is 4.58. The topological polar surface area (TPSA) is 46.5 Å². The molecule has 0 aromatic heterocycles. The summed E-state index contributed by atoms with van der Waals surface area (Å²) in [4.78, 5) is 10.5. The number of rotatable bonds is 6. The largest absolute Gasteiger partial charge is 0.496 e. The summed E-state index contributed by atoms with van der Waals surface area (Å²) in [5, 5.41) is 8.63. The van der Waals surface area contributed by atoms with Gasteiger partial charge in [0.15, 0.2) is 0 Å². The maximum Gasteiger partial charge on any atom is 0.303 e. The summed E-state index contributed by atoms with van der Waals surface area (Å²) in [7, 11) is 1.34. The molecule has 0 radical (unpaired) electrons. The van der Waals surface area contributed by atoms with Crippen LogP contribution in [0.25, 0.3) is 0 Å². The lowest BCUT2D eigenvalue weighted by molar-refractivity contribution is -0.138. The lowest BCUT2D eigenvalue weighted by Gasteiger charge is -2.22. The Morgan fingerprint density at radius 1 is 1.47 bits per heavy atom. The minimum Gasteiger partial charge on any atom is -0.496 e. The molecule has 1 aromatic rings. The van der Waals surface area contributed by atoms with Gasteiger partial charge in [0.05, 0.1) is 12.7 Å². The van der Waals surface area contributed by atoms with Crippen LogP contribution < -0.4 is 4.74 Å². The minimum absolute atomic E-state index is 0.123. The van der Waals surface area contributed by atoms with Gasteiger partial charge < -0.3 is 9.84 Å². The van der Waals surface area contributed by atoms with Crippen molar-refractivity contribution in [2.75, 3.05) is 7.11 Å². The zero-order valence-electron chi connectivity index (χ0n) is 11.2. The molecule has 0 heterocycles. The first-order valence-corrected chi connectivity index (χ1v) is 6.01. The Bertz CT molecular complexity index is 458. The van der Waals surface area contributed by atoms with Gasteiger partial charge in [0.25, 0.3) is 5.92 Å². The Morgan fingerprint density at radius 2 is 2.11 bits per heavy atom. The minimum atomic E-state index is -3.10. The highest BCUT2D eigenvalue weighted by Crippen LogP contribution is 2.40. The molecule has 0 aliphatic rings. The Labute approximate surface area is 111 Å². The number of benzene rings is 1. The van der Waals surface area contributed by atoms with Crippen LogP contribution in [-0.2, 0) is 10.7 Å². The van der Waals surface area contributed by atoms with Gasteiger partial charge in [0.2, 0.25) is 0 Å². The van der Waals surface area contributed by atoms with Crippen molar-refractivity contribution in [3.63, 3.8) is 0 Å². The Hall–Kier alpha value is -1.65. The van der Waals surface area contributed by atoms with Crippen molar-refractivity contribution in [1.82, 2.24) is 0 Å². The third-order valence-corrected chi connectivity index (χ3v) is 2.88. The van der Waals surface area contributed by atoms with Crippen LogP contribution in [0.5, 0.6) is 5.75 Å². The maximum absolute atomic E-state index is 14.2. The van der Waals surface area contributed by atoms with Crippen molar-refractivity contribution in [2.45, 2.75) is 32.6 Å². The van der Waals surface area contributed by atoms with Crippen LogP contribution in [0.3, 0.4) is 0 Å². The monoisotopic (exact) mass is 272 g/mol. The quantitative estimate of drug-likeness (QED) is 0.860. The molecule has 106 valence electrons. The van der Waals surface area contributed by atoms with Crippen molar-refractivity contribution < 1.29 is 23.4 Å². The van der Waals surface area contributed by atoms with Crippen molar-refractivity contribution in [3.8, 4) is 5.75 Å². The zero-order chi connectivity index (χ0) is 14.6. The van der Waals surface area contributed by atoms with Crippen molar-refractivity contribution >= 4 is 5.97 Å². The zero-order valence-corrected chi connectivity index (χ0v) is 11.2. The standard InChI is InChI=1S/C14H18F2O3/c1-9-4-5-12(19-3)11(6-9)14(15,16)8-10(2)7-13(17)18/h4-6,10H,7-8H2,1-3H3,(H,17,18). The van der Waals surface area contributed by atoms with Crippen molar-refractivity contribution in [3.05, 3.63) is 29.3 Å². The summed E-state index contributed by atoms with van der Waals surface area (Å²) in [5.74, 6) is -4.66. The molecule has 0 bridgehead atoms. The fraction of sp³-hybridized carbons (Fsp3) is 0.500. The fourth-order valence-corrected chi connectivity index (χ4v) is 2.03. The number of carboxylic acid groups (broad SMARTS) is 1. The second-order valence-corrected chi connectivity index (χ2v) is 4.82. The average Bonchev–Trinajstić information content (AvgIpc) is 2.26. The van der Waals surface area contributed by atoms with Crippen LogP contribution >= 0.6 is 0 Å². The predicted octanol–water partition coefficient (Wildman–Crippen LogP) is 3.60. The van der Waals surface area contributed by atoms with E-state index < -0.39 is 24.2 Å². The molecule has 0 amide bonds. The molecule has 0 saturated carbocycles. The van der Waals surface area contributed by atoms with E-state index >= 15 is 0 Å². The van der Waals surface area contributed by atoms with Crippen LogP contribution in [-0.4, -0.2) is 18.2 Å². The Kier molecular flexibility index (Phi) is 4.86. The molecule has 3 nitrogen and oxygen atoms in total.